The average Bonchev–Trinajstić information content (AvgIpc) is 2.15. The molecular weight excluding hydrogens is 132 g/mol. The monoisotopic (exact) mass is 146 g/mol. The van der Waals surface area contributed by atoms with Crippen molar-refractivity contribution in [2.75, 3.05) is 0 Å². The van der Waals surface area contributed by atoms with Crippen LogP contribution in [0.3, 0.4) is 0 Å². The van der Waals surface area contributed by atoms with Crippen LogP contribution in [0.25, 0.3) is 0 Å². The summed E-state index contributed by atoms with van der Waals surface area (Å²) in [5.41, 5.74) is 0.119. The van der Waals surface area contributed by atoms with Gasteiger partial charge in [0.05, 0.1) is 11.5 Å². The lowest BCUT2D eigenvalue weighted by atomic mass is 10.3. The van der Waals surface area contributed by atoms with Crippen LogP contribution >= 0.6 is 12.6 Å². The van der Waals surface area contributed by atoms with Gasteiger partial charge in [0.2, 0.25) is 0 Å². The van der Waals surface area contributed by atoms with Gasteiger partial charge in [0.15, 0.2) is 0 Å². The number of thiol groups is 1. The maximum atomic E-state index is 5.48. The van der Waals surface area contributed by atoms with E-state index in [0.29, 0.717) is 6.10 Å². The molecule has 0 heterocycles. The SMILES string of the molecule is CC(S)OC1CCCC1. The minimum atomic E-state index is 0.119. The molecule has 0 amide bonds. The lowest BCUT2D eigenvalue weighted by Gasteiger charge is -2.12. The Labute approximate surface area is 62.2 Å². The Morgan fingerprint density at radius 3 is 2.44 bits per heavy atom. The molecule has 0 aromatic carbocycles. The zero-order valence-corrected chi connectivity index (χ0v) is 6.73. The van der Waals surface area contributed by atoms with Crippen LogP contribution in [0.4, 0.5) is 0 Å². The van der Waals surface area contributed by atoms with E-state index in [4.69, 9.17) is 4.74 Å². The molecule has 0 bridgehead atoms. The quantitative estimate of drug-likeness (QED) is 0.464. The summed E-state index contributed by atoms with van der Waals surface area (Å²) < 4.78 is 5.48. The molecule has 0 radical (unpaired) electrons. The fourth-order valence-corrected chi connectivity index (χ4v) is 1.48. The van der Waals surface area contributed by atoms with Gasteiger partial charge in [-0.25, -0.2) is 0 Å². The molecule has 1 rings (SSSR count). The van der Waals surface area contributed by atoms with Crippen molar-refractivity contribution in [1.82, 2.24) is 0 Å². The van der Waals surface area contributed by atoms with Crippen molar-refractivity contribution in [1.29, 1.82) is 0 Å². The van der Waals surface area contributed by atoms with Crippen molar-refractivity contribution >= 4 is 12.6 Å². The van der Waals surface area contributed by atoms with E-state index in [1.54, 1.807) is 0 Å². The number of rotatable bonds is 2. The molecule has 54 valence electrons. The molecule has 1 fully saturated rings. The molecule has 0 saturated heterocycles. The van der Waals surface area contributed by atoms with Crippen LogP contribution < -0.4 is 0 Å². The first kappa shape index (κ1) is 7.42. The third-order valence-corrected chi connectivity index (χ3v) is 1.81. The Bertz CT molecular complexity index is 77.0. The summed E-state index contributed by atoms with van der Waals surface area (Å²) >= 11 is 4.15. The second-order valence-electron chi connectivity index (χ2n) is 2.64. The highest BCUT2D eigenvalue weighted by molar-refractivity contribution is 7.80. The van der Waals surface area contributed by atoms with Crippen LogP contribution in [0.1, 0.15) is 32.6 Å². The first-order valence-electron chi connectivity index (χ1n) is 3.62. The fourth-order valence-electron chi connectivity index (χ4n) is 1.30. The van der Waals surface area contributed by atoms with Crippen molar-refractivity contribution in [2.24, 2.45) is 0 Å². The normalized spacial score (nSPS) is 24.7. The van der Waals surface area contributed by atoms with Gasteiger partial charge < -0.3 is 4.74 Å². The largest absolute Gasteiger partial charge is 0.365 e. The second kappa shape index (κ2) is 3.47. The highest BCUT2D eigenvalue weighted by atomic mass is 32.1. The number of hydrogen-bond donors (Lipinski definition) is 1. The minimum absolute atomic E-state index is 0.119. The molecule has 0 aliphatic heterocycles. The first-order valence-corrected chi connectivity index (χ1v) is 4.14. The molecule has 1 nitrogen and oxygen atoms in total. The van der Waals surface area contributed by atoms with Crippen molar-refractivity contribution in [3.63, 3.8) is 0 Å². The molecule has 0 aromatic rings. The summed E-state index contributed by atoms with van der Waals surface area (Å²) in [5, 5.41) is 0. The summed E-state index contributed by atoms with van der Waals surface area (Å²) in [6.45, 7) is 1.97. The summed E-state index contributed by atoms with van der Waals surface area (Å²) in [5.74, 6) is 0. The van der Waals surface area contributed by atoms with Crippen LogP contribution in [-0.2, 0) is 4.74 Å². The van der Waals surface area contributed by atoms with Gasteiger partial charge >= 0.3 is 0 Å². The zero-order chi connectivity index (χ0) is 6.69. The van der Waals surface area contributed by atoms with Crippen molar-refractivity contribution < 1.29 is 4.74 Å². The molecule has 1 unspecified atom stereocenters. The maximum absolute atomic E-state index is 5.48. The Morgan fingerprint density at radius 1 is 1.44 bits per heavy atom. The molecule has 1 saturated carbocycles. The third kappa shape index (κ3) is 2.59. The summed E-state index contributed by atoms with van der Waals surface area (Å²) in [7, 11) is 0. The van der Waals surface area contributed by atoms with Gasteiger partial charge in [-0.2, -0.15) is 0 Å². The Morgan fingerprint density at radius 2 is 2.00 bits per heavy atom. The van der Waals surface area contributed by atoms with E-state index < -0.39 is 0 Å². The van der Waals surface area contributed by atoms with Crippen LogP contribution in [0, 0.1) is 0 Å². The lowest BCUT2D eigenvalue weighted by Crippen LogP contribution is -2.11. The molecule has 0 N–H and O–H groups in total. The van der Waals surface area contributed by atoms with Gasteiger partial charge in [-0.05, 0) is 19.8 Å². The summed E-state index contributed by atoms with van der Waals surface area (Å²) in [6, 6.07) is 0. The van der Waals surface area contributed by atoms with Crippen LogP contribution in [0.2, 0.25) is 0 Å². The lowest BCUT2D eigenvalue weighted by molar-refractivity contribution is 0.0501. The molecule has 0 spiro atoms. The van der Waals surface area contributed by atoms with Crippen LogP contribution in [0.15, 0.2) is 0 Å². The highest BCUT2D eigenvalue weighted by Crippen LogP contribution is 2.22. The first-order chi connectivity index (χ1) is 4.29. The van der Waals surface area contributed by atoms with Gasteiger partial charge in [-0.15, -0.1) is 12.6 Å². The van der Waals surface area contributed by atoms with Gasteiger partial charge in [0, 0.05) is 0 Å². The molecule has 2 heteroatoms. The number of hydrogen-bond acceptors (Lipinski definition) is 2. The standard InChI is InChI=1S/C7H14OS/c1-6(9)8-7-4-2-3-5-7/h6-7,9H,2-5H2,1H3. The van der Waals surface area contributed by atoms with Crippen LogP contribution in [-0.4, -0.2) is 11.5 Å². The van der Waals surface area contributed by atoms with E-state index in [-0.39, 0.29) is 5.44 Å². The van der Waals surface area contributed by atoms with E-state index in [2.05, 4.69) is 12.6 Å². The molecule has 0 aromatic heterocycles. The average molecular weight is 146 g/mol. The Balaban J connectivity index is 2.11. The van der Waals surface area contributed by atoms with Gasteiger partial charge in [-0.1, -0.05) is 12.8 Å². The van der Waals surface area contributed by atoms with E-state index in [9.17, 15) is 0 Å². The van der Waals surface area contributed by atoms with Crippen molar-refractivity contribution in [3.8, 4) is 0 Å². The smallest absolute Gasteiger partial charge is 0.0975 e. The van der Waals surface area contributed by atoms with Crippen LogP contribution in [0.5, 0.6) is 0 Å². The van der Waals surface area contributed by atoms with Gasteiger partial charge in [-0.3, -0.25) is 0 Å². The Kier molecular flexibility index (Phi) is 2.86. The van der Waals surface area contributed by atoms with E-state index in [1.165, 1.54) is 25.7 Å². The van der Waals surface area contributed by atoms with Crippen molar-refractivity contribution in [2.45, 2.75) is 44.1 Å². The molecular formula is C7H14OS. The van der Waals surface area contributed by atoms with Crippen molar-refractivity contribution in [3.05, 3.63) is 0 Å². The topological polar surface area (TPSA) is 9.23 Å². The Hall–Kier alpha value is 0.310. The third-order valence-electron chi connectivity index (χ3n) is 1.69. The molecule has 1 aliphatic carbocycles. The predicted molar refractivity (Wildman–Crippen MR) is 41.8 cm³/mol. The van der Waals surface area contributed by atoms with E-state index in [1.807, 2.05) is 6.92 Å². The summed E-state index contributed by atoms with van der Waals surface area (Å²) in [4.78, 5) is 0. The fraction of sp³-hybridized carbons (Fsp3) is 1.00. The molecule has 1 aliphatic rings. The second-order valence-corrected chi connectivity index (χ2v) is 3.37. The molecule has 9 heavy (non-hydrogen) atoms. The highest BCUT2D eigenvalue weighted by Gasteiger charge is 2.16. The predicted octanol–water partition coefficient (Wildman–Crippen LogP) is 2.22. The van der Waals surface area contributed by atoms with Gasteiger partial charge in [0.1, 0.15) is 0 Å². The van der Waals surface area contributed by atoms with E-state index in [0.717, 1.165) is 0 Å². The van der Waals surface area contributed by atoms with Gasteiger partial charge in [0.25, 0.3) is 0 Å². The number of ether oxygens (including phenoxy) is 1. The van der Waals surface area contributed by atoms with E-state index >= 15 is 0 Å². The molecule has 1 atom stereocenters. The summed E-state index contributed by atoms with van der Waals surface area (Å²) in [6.07, 6.45) is 5.67. The minimum Gasteiger partial charge on any atom is -0.365 e. The maximum Gasteiger partial charge on any atom is 0.0975 e. The zero-order valence-electron chi connectivity index (χ0n) is 5.84.